The monoisotopic (exact) mass is 255 g/mol. The normalized spacial score (nSPS) is 12.8. The molecule has 0 saturated carbocycles. The quantitative estimate of drug-likeness (QED) is 0.784. The first kappa shape index (κ1) is 14.3. The molecule has 96 valence electrons. The van der Waals surface area contributed by atoms with Crippen LogP contribution in [0.25, 0.3) is 0 Å². The summed E-state index contributed by atoms with van der Waals surface area (Å²) < 4.78 is 5.63. The zero-order valence-electron chi connectivity index (χ0n) is 11.1. The second-order valence-corrected chi connectivity index (χ2v) is 5.18. The molecule has 0 radical (unpaired) electrons. The topological polar surface area (TPSA) is 21.3 Å². The highest BCUT2D eigenvalue weighted by molar-refractivity contribution is 6.32. The van der Waals surface area contributed by atoms with Crippen LogP contribution < -0.4 is 10.1 Å². The highest BCUT2D eigenvalue weighted by atomic mass is 35.5. The van der Waals surface area contributed by atoms with Crippen molar-refractivity contribution in [2.75, 3.05) is 13.2 Å². The van der Waals surface area contributed by atoms with Crippen molar-refractivity contribution >= 4 is 11.6 Å². The first-order chi connectivity index (χ1) is 8.00. The van der Waals surface area contributed by atoms with Gasteiger partial charge in [0.05, 0.1) is 5.02 Å². The molecule has 0 fully saturated rings. The fraction of sp³-hybridized carbons (Fsp3) is 0.571. The lowest BCUT2D eigenvalue weighted by atomic mass is 10.1. The van der Waals surface area contributed by atoms with E-state index in [1.54, 1.807) is 0 Å². The van der Waals surface area contributed by atoms with Crippen molar-refractivity contribution in [3.05, 3.63) is 28.8 Å². The second kappa shape index (κ2) is 6.87. The van der Waals surface area contributed by atoms with Crippen LogP contribution in [0, 0.1) is 12.8 Å². The van der Waals surface area contributed by atoms with Gasteiger partial charge in [0.2, 0.25) is 0 Å². The van der Waals surface area contributed by atoms with Crippen molar-refractivity contribution in [1.29, 1.82) is 0 Å². The van der Waals surface area contributed by atoms with Crippen LogP contribution in [0.2, 0.25) is 5.02 Å². The number of benzene rings is 1. The third kappa shape index (κ3) is 4.97. The van der Waals surface area contributed by atoms with E-state index in [-0.39, 0.29) is 0 Å². The lowest BCUT2D eigenvalue weighted by Crippen LogP contribution is -2.33. The molecule has 1 aromatic carbocycles. The Bertz CT molecular complexity index is 352. The standard InChI is InChI=1S/C14H22ClNO/c1-10(2)12(4)16-7-8-17-14-6-5-11(3)9-13(14)15/h5-6,9-10,12,16H,7-8H2,1-4H3. The highest BCUT2D eigenvalue weighted by Gasteiger charge is 2.06. The fourth-order valence-electron chi connectivity index (χ4n) is 1.41. The van der Waals surface area contributed by atoms with Gasteiger partial charge in [-0.3, -0.25) is 0 Å². The molecule has 0 aromatic heterocycles. The molecule has 0 spiro atoms. The molecule has 0 aliphatic heterocycles. The van der Waals surface area contributed by atoms with E-state index in [1.165, 1.54) is 0 Å². The number of halogens is 1. The van der Waals surface area contributed by atoms with E-state index in [0.717, 1.165) is 17.9 Å². The lowest BCUT2D eigenvalue weighted by Gasteiger charge is -2.17. The average molecular weight is 256 g/mol. The molecule has 1 aromatic rings. The molecule has 2 nitrogen and oxygen atoms in total. The third-order valence-electron chi connectivity index (χ3n) is 2.91. The van der Waals surface area contributed by atoms with Crippen molar-refractivity contribution in [1.82, 2.24) is 5.32 Å². The number of hydrogen-bond acceptors (Lipinski definition) is 2. The smallest absolute Gasteiger partial charge is 0.137 e. The van der Waals surface area contributed by atoms with Crippen LogP contribution in [0.15, 0.2) is 18.2 Å². The summed E-state index contributed by atoms with van der Waals surface area (Å²) in [4.78, 5) is 0. The lowest BCUT2D eigenvalue weighted by molar-refractivity contribution is 0.297. The fourth-order valence-corrected chi connectivity index (χ4v) is 1.70. The summed E-state index contributed by atoms with van der Waals surface area (Å²) in [5, 5.41) is 4.10. The maximum Gasteiger partial charge on any atom is 0.137 e. The van der Waals surface area contributed by atoms with Gasteiger partial charge in [-0.2, -0.15) is 0 Å². The zero-order valence-corrected chi connectivity index (χ0v) is 11.8. The number of aryl methyl sites for hydroxylation is 1. The first-order valence-electron chi connectivity index (χ1n) is 6.13. The summed E-state index contributed by atoms with van der Waals surface area (Å²) in [5.74, 6) is 1.40. The van der Waals surface area contributed by atoms with E-state index in [0.29, 0.717) is 23.6 Å². The molecule has 3 heteroatoms. The number of hydrogen-bond donors (Lipinski definition) is 1. The maximum atomic E-state index is 6.08. The molecule has 0 heterocycles. The molecule has 0 amide bonds. The van der Waals surface area contributed by atoms with Crippen molar-refractivity contribution < 1.29 is 4.74 Å². The average Bonchev–Trinajstić information content (AvgIpc) is 2.26. The van der Waals surface area contributed by atoms with Gasteiger partial charge in [0.25, 0.3) is 0 Å². The van der Waals surface area contributed by atoms with Crippen LogP contribution in [0.5, 0.6) is 5.75 Å². The number of rotatable bonds is 6. The Morgan fingerprint density at radius 1 is 1.29 bits per heavy atom. The summed E-state index contributed by atoms with van der Waals surface area (Å²) in [7, 11) is 0. The summed E-state index contributed by atoms with van der Waals surface area (Å²) in [6.07, 6.45) is 0. The van der Waals surface area contributed by atoms with Gasteiger partial charge < -0.3 is 10.1 Å². The Morgan fingerprint density at radius 3 is 2.59 bits per heavy atom. The van der Waals surface area contributed by atoms with Gasteiger partial charge >= 0.3 is 0 Å². The van der Waals surface area contributed by atoms with Crippen molar-refractivity contribution in [3.8, 4) is 5.75 Å². The Morgan fingerprint density at radius 2 is 2.00 bits per heavy atom. The molecular formula is C14H22ClNO. The first-order valence-corrected chi connectivity index (χ1v) is 6.51. The summed E-state index contributed by atoms with van der Waals surface area (Å²) in [5.41, 5.74) is 1.15. The molecule has 17 heavy (non-hydrogen) atoms. The van der Waals surface area contributed by atoms with Crippen LogP contribution in [0.4, 0.5) is 0 Å². The van der Waals surface area contributed by atoms with Crippen LogP contribution in [-0.2, 0) is 0 Å². The maximum absolute atomic E-state index is 6.08. The Balaban J connectivity index is 2.31. The molecule has 1 N–H and O–H groups in total. The highest BCUT2D eigenvalue weighted by Crippen LogP contribution is 2.24. The second-order valence-electron chi connectivity index (χ2n) is 4.77. The Hall–Kier alpha value is -0.730. The van der Waals surface area contributed by atoms with Crippen LogP contribution >= 0.6 is 11.6 Å². The van der Waals surface area contributed by atoms with Crippen LogP contribution in [0.1, 0.15) is 26.3 Å². The molecule has 0 bridgehead atoms. The Kier molecular flexibility index (Phi) is 5.79. The van der Waals surface area contributed by atoms with Crippen LogP contribution in [-0.4, -0.2) is 19.2 Å². The molecule has 1 rings (SSSR count). The predicted octanol–water partition coefficient (Wildman–Crippen LogP) is 3.66. The van der Waals surface area contributed by atoms with Gasteiger partial charge in [-0.25, -0.2) is 0 Å². The summed E-state index contributed by atoms with van der Waals surface area (Å²) in [6, 6.07) is 6.35. The molecule has 1 unspecified atom stereocenters. The third-order valence-corrected chi connectivity index (χ3v) is 3.21. The molecular weight excluding hydrogens is 234 g/mol. The molecule has 0 aliphatic rings. The van der Waals surface area contributed by atoms with Gasteiger partial charge in [0, 0.05) is 12.6 Å². The van der Waals surface area contributed by atoms with E-state index in [2.05, 4.69) is 26.1 Å². The summed E-state index contributed by atoms with van der Waals surface area (Å²) >= 11 is 6.08. The van der Waals surface area contributed by atoms with E-state index in [4.69, 9.17) is 16.3 Å². The SMILES string of the molecule is Cc1ccc(OCCNC(C)C(C)C)c(Cl)c1. The Labute approximate surface area is 109 Å². The van der Waals surface area contributed by atoms with E-state index >= 15 is 0 Å². The van der Waals surface area contributed by atoms with Gasteiger partial charge in [-0.1, -0.05) is 31.5 Å². The van der Waals surface area contributed by atoms with Gasteiger partial charge in [-0.15, -0.1) is 0 Å². The molecule has 1 atom stereocenters. The van der Waals surface area contributed by atoms with Crippen molar-refractivity contribution in [2.24, 2.45) is 5.92 Å². The predicted molar refractivity (Wildman–Crippen MR) is 74.0 cm³/mol. The zero-order chi connectivity index (χ0) is 12.8. The number of ether oxygens (including phenoxy) is 1. The van der Waals surface area contributed by atoms with Crippen LogP contribution in [0.3, 0.4) is 0 Å². The minimum atomic E-state index is 0.507. The molecule has 0 aliphatic carbocycles. The van der Waals surface area contributed by atoms with Crippen molar-refractivity contribution in [2.45, 2.75) is 33.7 Å². The van der Waals surface area contributed by atoms with E-state index in [1.807, 2.05) is 25.1 Å². The van der Waals surface area contributed by atoms with Gasteiger partial charge in [-0.05, 0) is 37.5 Å². The van der Waals surface area contributed by atoms with Gasteiger partial charge in [0.15, 0.2) is 0 Å². The van der Waals surface area contributed by atoms with E-state index in [9.17, 15) is 0 Å². The van der Waals surface area contributed by atoms with Gasteiger partial charge in [0.1, 0.15) is 12.4 Å². The number of nitrogens with one attached hydrogen (secondary N) is 1. The largest absolute Gasteiger partial charge is 0.491 e. The summed E-state index contributed by atoms with van der Waals surface area (Å²) in [6.45, 7) is 10.1. The minimum absolute atomic E-state index is 0.507. The van der Waals surface area contributed by atoms with Crippen molar-refractivity contribution in [3.63, 3.8) is 0 Å². The molecule has 0 saturated heterocycles. The minimum Gasteiger partial charge on any atom is -0.491 e. The van der Waals surface area contributed by atoms with E-state index < -0.39 is 0 Å².